The van der Waals surface area contributed by atoms with Gasteiger partial charge in [0.2, 0.25) is 5.91 Å². The first-order chi connectivity index (χ1) is 19.5. The fraction of sp³-hybridized carbons (Fsp3) is 0.516. The number of nitriles is 1. The van der Waals surface area contributed by atoms with E-state index in [1.165, 1.54) is 62.4 Å². The van der Waals surface area contributed by atoms with Crippen LogP contribution in [0, 0.1) is 28.4 Å². The Balaban J connectivity index is 0.000000470. The van der Waals surface area contributed by atoms with Gasteiger partial charge in [-0.2, -0.15) is 5.26 Å². The lowest BCUT2D eigenvalue weighted by atomic mass is 9.62. The summed E-state index contributed by atoms with van der Waals surface area (Å²) >= 11 is 12.0. The van der Waals surface area contributed by atoms with Gasteiger partial charge in [-0.05, 0) is 48.4 Å². The first kappa shape index (κ1) is 35.4. The van der Waals surface area contributed by atoms with Crippen LogP contribution in [0.4, 0.5) is 8.78 Å². The summed E-state index contributed by atoms with van der Waals surface area (Å²) in [5, 5.41) is 21.1. The van der Waals surface area contributed by atoms with Crippen molar-refractivity contribution in [2.24, 2.45) is 16.9 Å². The van der Waals surface area contributed by atoms with Gasteiger partial charge >= 0.3 is 0 Å². The molecule has 1 aliphatic heterocycles. The minimum Gasteiger partial charge on any atom is -0.481 e. The number of carboxylic acid groups (broad SMARTS) is 1. The van der Waals surface area contributed by atoms with E-state index >= 15 is 8.78 Å². The minimum absolute atomic E-state index is 0.0225. The molecule has 42 heavy (non-hydrogen) atoms. The second-order valence-electron chi connectivity index (χ2n) is 12.0. The Morgan fingerprint density at radius 3 is 2.19 bits per heavy atom. The number of carbonyl (C=O) groups is 2. The van der Waals surface area contributed by atoms with Gasteiger partial charge in [0.1, 0.15) is 17.0 Å². The number of rotatable bonds is 4. The van der Waals surface area contributed by atoms with Crippen LogP contribution in [0.2, 0.25) is 10.0 Å². The maximum absolute atomic E-state index is 15.2. The number of nitrogens with two attached hydrogens (primary N) is 2. The molecule has 11 heteroatoms. The van der Waals surface area contributed by atoms with Crippen molar-refractivity contribution in [1.82, 2.24) is 5.32 Å². The molecule has 2 fully saturated rings. The first-order valence-electron chi connectivity index (χ1n) is 13.9. The van der Waals surface area contributed by atoms with Gasteiger partial charge in [-0.15, -0.1) is 0 Å². The molecule has 4 rings (SSSR count). The molecule has 1 amide bonds. The molecule has 1 aliphatic carbocycles. The lowest BCUT2D eigenvalue weighted by molar-refractivity contribution is -0.134. The van der Waals surface area contributed by atoms with Crippen molar-refractivity contribution in [2.75, 3.05) is 0 Å². The molecule has 1 heterocycles. The highest BCUT2D eigenvalue weighted by atomic mass is 35.5. The van der Waals surface area contributed by atoms with Crippen molar-refractivity contribution >= 4 is 35.1 Å². The fourth-order valence-electron chi connectivity index (χ4n) is 5.71. The summed E-state index contributed by atoms with van der Waals surface area (Å²) in [6.45, 7) is 6.96. The summed E-state index contributed by atoms with van der Waals surface area (Å²) in [4.78, 5) is 21.4. The fourth-order valence-corrected chi connectivity index (χ4v) is 6.05. The van der Waals surface area contributed by atoms with Gasteiger partial charge in [-0.25, -0.2) is 8.78 Å². The molecule has 7 nitrogen and oxygen atoms in total. The van der Waals surface area contributed by atoms with E-state index in [1.807, 2.05) is 20.8 Å². The van der Waals surface area contributed by atoms with E-state index in [9.17, 15) is 10.1 Å². The average Bonchev–Trinajstić information content (AvgIpc) is 3.19. The highest BCUT2D eigenvalue weighted by Gasteiger charge is 2.60. The van der Waals surface area contributed by atoms with Gasteiger partial charge in [-0.1, -0.05) is 81.4 Å². The van der Waals surface area contributed by atoms with Crippen molar-refractivity contribution in [3.05, 3.63) is 69.2 Å². The van der Waals surface area contributed by atoms with Gasteiger partial charge in [0.25, 0.3) is 5.97 Å². The Bertz CT molecular complexity index is 1290. The number of nitrogens with one attached hydrogen (secondary N) is 1. The smallest absolute Gasteiger partial charge is 0.300 e. The van der Waals surface area contributed by atoms with Crippen LogP contribution in [-0.4, -0.2) is 35.1 Å². The van der Waals surface area contributed by atoms with Crippen molar-refractivity contribution in [3.8, 4) is 6.07 Å². The molecule has 1 saturated heterocycles. The molecule has 0 bridgehead atoms. The second-order valence-corrected chi connectivity index (χ2v) is 12.9. The molecule has 230 valence electrons. The summed E-state index contributed by atoms with van der Waals surface area (Å²) < 4.78 is 30.4. The predicted octanol–water partition coefficient (Wildman–Crippen LogP) is 6.45. The van der Waals surface area contributed by atoms with Crippen molar-refractivity contribution in [2.45, 2.75) is 95.7 Å². The van der Waals surface area contributed by atoms with Gasteiger partial charge in [0.05, 0.1) is 17.1 Å². The molecule has 2 unspecified atom stereocenters. The summed E-state index contributed by atoms with van der Waals surface area (Å²) in [6, 6.07) is 9.29. The summed E-state index contributed by atoms with van der Waals surface area (Å²) in [5.41, 5.74) is 9.41. The topological polar surface area (TPSA) is 142 Å². The van der Waals surface area contributed by atoms with Gasteiger partial charge in [-0.3, -0.25) is 9.59 Å². The second kappa shape index (κ2) is 15.1. The number of halogens is 4. The molecule has 0 radical (unpaired) electrons. The van der Waals surface area contributed by atoms with Crippen LogP contribution in [0.3, 0.4) is 0 Å². The Hall–Kier alpha value is -2.77. The standard InChI is InChI=1S/C23H23Cl2F2N3O.C6H13N.C2H4O2/c1-22(2,3)10-17-23(11-28,14-8-7-12(24)9-16(14)26)18(20(30-17)21(29)31)13-5-4-6-15(25)19(13)27;7-6-4-2-1-3-5-6;1-2(3)4/h4-9,17-18,20,30H,10H2,1-3H3,(H2,29,31);6H,1-5,7H2;1H3,(H,3,4)/t17?,18?,20-,23+;;/m1../s1. The van der Waals surface area contributed by atoms with Crippen molar-refractivity contribution in [3.63, 3.8) is 0 Å². The summed E-state index contributed by atoms with van der Waals surface area (Å²) in [6.07, 6.45) is 7.06. The molecule has 1 saturated carbocycles. The van der Waals surface area contributed by atoms with Crippen LogP contribution in [-0.2, 0) is 15.0 Å². The molecule has 4 atom stereocenters. The number of aliphatic carboxylic acids is 1. The zero-order valence-corrected chi connectivity index (χ0v) is 25.9. The highest BCUT2D eigenvalue weighted by molar-refractivity contribution is 6.31. The lowest BCUT2D eigenvalue weighted by Gasteiger charge is -2.37. The Morgan fingerprint density at radius 1 is 1.14 bits per heavy atom. The zero-order valence-electron chi connectivity index (χ0n) is 24.4. The molecular formula is C31H40Cl2F2N4O3. The first-order valence-corrected chi connectivity index (χ1v) is 14.6. The largest absolute Gasteiger partial charge is 0.481 e. The van der Waals surface area contributed by atoms with Crippen molar-refractivity contribution < 1.29 is 23.5 Å². The molecule has 0 aromatic heterocycles. The van der Waals surface area contributed by atoms with E-state index in [0.717, 1.165) is 13.0 Å². The van der Waals surface area contributed by atoms with Crippen LogP contribution < -0.4 is 16.8 Å². The van der Waals surface area contributed by atoms with Crippen LogP contribution in [0.25, 0.3) is 0 Å². The number of nitrogens with zero attached hydrogens (tertiary/aromatic N) is 1. The molecule has 2 aliphatic rings. The monoisotopic (exact) mass is 624 g/mol. The van der Waals surface area contributed by atoms with E-state index in [-0.39, 0.29) is 26.6 Å². The summed E-state index contributed by atoms with van der Waals surface area (Å²) in [5.74, 6) is -4.20. The SMILES string of the molecule is CC(=O)O.CC(C)(C)CC1N[C@@H](C(N)=O)C(c2cccc(Cl)c2F)[C@@]1(C#N)c1ccc(Cl)cc1F.NC1CCCCC1. The quantitative estimate of drug-likeness (QED) is 0.308. The van der Waals surface area contributed by atoms with E-state index in [0.29, 0.717) is 12.5 Å². The highest BCUT2D eigenvalue weighted by Crippen LogP contribution is 2.52. The van der Waals surface area contributed by atoms with Gasteiger partial charge in [0, 0.05) is 35.5 Å². The van der Waals surface area contributed by atoms with Crippen LogP contribution in [0.15, 0.2) is 36.4 Å². The maximum Gasteiger partial charge on any atom is 0.300 e. The predicted molar refractivity (Wildman–Crippen MR) is 161 cm³/mol. The molecule has 6 N–H and O–H groups in total. The Morgan fingerprint density at radius 2 is 1.74 bits per heavy atom. The van der Waals surface area contributed by atoms with Crippen LogP contribution >= 0.6 is 23.2 Å². The van der Waals surface area contributed by atoms with E-state index in [1.54, 1.807) is 0 Å². The Kier molecular flexibility index (Phi) is 12.7. The number of amides is 1. The number of carbonyl (C=O) groups excluding carboxylic acids is 1. The van der Waals surface area contributed by atoms with E-state index in [4.69, 9.17) is 44.6 Å². The van der Waals surface area contributed by atoms with Gasteiger partial charge < -0.3 is 21.9 Å². The number of carboxylic acids is 1. The number of hydrogen-bond acceptors (Lipinski definition) is 5. The zero-order chi connectivity index (χ0) is 31.8. The van der Waals surface area contributed by atoms with E-state index in [2.05, 4.69) is 11.4 Å². The average molecular weight is 626 g/mol. The van der Waals surface area contributed by atoms with Gasteiger partial charge in [0.15, 0.2) is 0 Å². The normalized spacial score (nSPS) is 24.0. The molecule has 2 aromatic rings. The molecule has 0 spiro atoms. The van der Waals surface area contributed by atoms with Crippen LogP contribution in [0.5, 0.6) is 0 Å². The Labute approximate surface area is 256 Å². The third-order valence-electron chi connectivity index (χ3n) is 7.41. The lowest BCUT2D eigenvalue weighted by Crippen LogP contribution is -2.45. The van der Waals surface area contributed by atoms with Crippen LogP contribution in [0.1, 0.15) is 83.3 Å². The number of primary amides is 1. The third kappa shape index (κ3) is 8.87. The number of benzene rings is 2. The van der Waals surface area contributed by atoms with Crippen molar-refractivity contribution in [1.29, 1.82) is 5.26 Å². The molecular weight excluding hydrogens is 585 g/mol. The number of hydrogen-bond donors (Lipinski definition) is 4. The van der Waals surface area contributed by atoms with E-state index < -0.39 is 46.9 Å². The minimum atomic E-state index is -1.65. The molecule has 2 aromatic carbocycles. The maximum atomic E-state index is 15.2. The third-order valence-corrected chi connectivity index (χ3v) is 7.93. The summed E-state index contributed by atoms with van der Waals surface area (Å²) in [7, 11) is 0.